The summed E-state index contributed by atoms with van der Waals surface area (Å²) in [5, 5.41) is 2.89. The van der Waals surface area contributed by atoms with Gasteiger partial charge in [-0.3, -0.25) is 4.79 Å². The first-order valence-corrected chi connectivity index (χ1v) is 6.53. The fourth-order valence-electron chi connectivity index (χ4n) is 1.85. The summed E-state index contributed by atoms with van der Waals surface area (Å²) in [6, 6.07) is 10.2. The monoisotopic (exact) mass is 248 g/mol. The van der Waals surface area contributed by atoms with Crippen molar-refractivity contribution in [1.29, 1.82) is 0 Å². The van der Waals surface area contributed by atoms with Crippen molar-refractivity contribution in [3.63, 3.8) is 0 Å². The lowest BCUT2D eigenvalue weighted by molar-refractivity contribution is -0.121. The molecule has 1 amide bonds. The van der Waals surface area contributed by atoms with E-state index in [2.05, 4.69) is 24.4 Å². The van der Waals surface area contributed by atoms with Gasteiger partial charge in [0, 0.05) is 18.5 Å². The summed E-state index contributed by atoms with van der Waals surface area (Å²) < 4.78 is 0. The van der Waals surface area contributed by atoms with Gasteiger partial charge in [-0.1, -0.05) is 37.3 Å². The van der Waals surface area contributed by atoms with Crippen molar-refractivity contribution >= 4 is 5.91 Å². The van der Waals surface area contributed by atoms with E-state index < -0.39 is 0 Å². The van der Waals surface area contributed by atoms with Gasteiger partial charge in [-0.25, -0.2) is 0 Å². The molecular formula is C15H24N2O. The highest BCUT2D eigenvalue weighted by Crippen LogP contribution is 2.22. The molecular weight excluding hydrogens is 224 g/mol. The molecule has 18 heavy (non-hydrogen) atoms. The zero-order valence-corrected chi connectivity index (χ0v) is 11.6. The van der Waals surface area contributed by atoms with E-state index in [0.717, 1.165) is 6.42 Å². The average Bonchev–Trinajstić information content (AvgIpc) is 2.33. The van der Waals surface area contributed by atoms with Gasteiger partial charge in [0.05, 0.1) is 0 Å². The van der Waals surface area contributed by atoms with Gasteiger partial charge in [0.25, 0.3) is 0 Å². The summed E-state index contributed by atoms with van der Waals surface area (Å²) >= 11 is 0. The molecule has 0 heterocycles. The zero-order chi connectivity index (χ0) is 13.6. The summed E-state index contributed by atoms with van der Waals surface area (Å²) in [4.78, 5) is 11.9. The number of carbonyl (C=O) groups excluding carboxylic acids is 1. The number of nitrogens with two attached hydrogens (primary N) is 1. The first kappa shape index (κ1) is 14.7. The van der Waals surface area contributed by atoms with Crippen molar-refractivity contribution in [1.82, 2.24) is 5.32 Å². The highest BCUT2D eigenvalue weighted by Gasteiger charge is 2.16. The molecule has 3 N–H and O–H groups in total. The van der Waals surface area contributed by atoms with Crippen LogP contribution in [0.3, 0.4) is 0 Å². The number of benzene rings is 1. The van der Waals surface area contributed by atoms with Crippen molar-refractivity contribution < 1.29 is 4.79 Å². The Morgan fingerprint density at radius 2 is 1.94 bits per heavy atom. The minimum atomic E-state index is -0.357. The molecule has 1 atom stereocenters. The van der Waals surface area contributed by atoms with E-state index in [1.807, 2.05) is 32.0 Å². The van der Waals surface area contributed by atoms with Crippen molar-refractivity contribution in [3.05, 3.63) is 35.9 Å². The minimum Gasteiger partial charge on any atom is -0.354 e. The molecule has 0 fully saturated rings. The van der Waals surface area contributed by atoms with Crippen LogP contribution in [0.25, 0.3) is 0 Å². The van der Waals surface area contributed by atoms with Crippen LogP contribution in [0.4, 0.5) is 0 Å². The Balaban J connectivity index is 2.51. The second kappa shape index (κ2) is 6.55. The van der Waals surface area contributed by atoms with Crippen LogP contribution in [0.2, 0.25) is 0 Å². The van der Waals surface area contributed by atoms with Gasteiger partial charge in [-0.15, -0.1) is 0 Å². The van der Waals surface area contributed by atoms with Gasteiger partial charge in [0.15, 0.2) is 0 Å². The van der Waals surface area contributed by atoms with Crippen molar-refractivity contribution in [2.75, 3.05) is 6.54 Å². The van der Waals surface area contributed by atoms with Crippen LogP contribution in [0.1, 0.15) is 45.1 Å². The number of hydrogen-bond acceptors (Lipinski definition) is 2. The molecule has 1 unspecified atom stereocenters. The molecule has 1 aromatic rings. The van der Waals surface area contributed by atoms with E-state index in [1.165, 1.54) is 5.56 Å². The van der Waals surface area contributed by atoms with E-state index in [4.69, 9.17) is 5.73 Å². The zero-order valence-electron chi connectivity index (χ0n) is 11.6. The fraction of sp³-hybridized carbons (Fsp3) is 0.533. The Bertz CT molecular complexity index is 368. The number of rotatable bonds is 6. The second-order valence-electron chi connectivity index (χ2n) is 5.49. The Hall–Kier alpha value is -1.35. The van der Waals surface area contributed by atoms with Gasteiger partial charge in [-0.2, -0.15) is 0 Å². The minimum absolute atomic E-state index is 0.0734. The smallest absolute Gasteiger partial charge is 0.220 e. The number of hydrogen-bond donors (Lipinski definition) is 2. The first-order chi connectivity index (χ1) is 8.42. The summed E-state index contributed by atoms with van der Waals surface area (Å²) in [6.07, 6.45) is 1.49. The molecule has 0 saturated heterocycles. The molecule has 100 valence electrons. The average molecular weight is 248 g/mol. The van der Waals surface area contributed by atoms with E-state index in [9.17, 15) is 4.79 Å². The maximum absolute atomic E-state index is 11.9. The topological polar surface area (TPSA) is 55.1 Å². The van der Waals surface area contributed by atoms with E-state index in [-0.39, 0.29) is 17.4 Å². The molecule has 0 spiro atoms. The Kier molecular flexibility index (Phi) is 5.35. The Labute approximate surface area is 110 Å². The number of amides is 1. The summed E-state index contributed by atoms with van der Waals surface area (Å²) in [6.45, 7) is 6.43. The Morgan fingerprint density at radius 1 is 1.33 bits per heavy atom. The Morgan fingerprint density at radius 3 is 2.44 bits per heavy atom. The third-order valence-corrected chi connectivity index (χ3v) is 2.94. The quantitative estimate of drug-likeness (QED) is 0.812. The third kappa shape index (κ3) is 5.32. The first-order valence-electron chi connectivity index (χ1n) is 6.53. The van der Waals surface area contributed by atoms with Crippen molar-refractivity contribution in [2.45, 2.75) is 45.1 Å². The predicted octanol–water partition coefficient (Wildman–Crippen LogP) is 2.42. The van der Waals surface area contributed by atoms with Crippen LogP contribution in [0.15, 0.2) is 30.3 Å². The van der Waals surface area contributed by atoms with Gasteiger partial charge >= 0.3 is 0 Å². The van der Waals surface area contributed by atoms with Gasteiger partial charge < -0.3 is 11.1 Å². The highest BCUT2D eigenvalue weighted by molar-refractivity contribution is 5.77. The normalized spacial score (nSPS) is 13.1. The lowest BCUT2D eigenvalue weighted by atomic mass is 9.93. The van der Waals surface area contributed by atoms with Gasteiger partial charge in [0.2, 0.25) is 5.91 Å². The van der Waals surface area contributed by atoms with Crippen molar-refractivity contribution in [2.24, 2.45) is 5.73 Å². The molecule has 3 nitrogen and oxygen atoms in total. The molecule has 0 aliphatic carbocycles. The molecule has 0 aromatic heterocycles. The van der Waals surface area contributed by atoms with Crippen LogP contribution >= 0.6 is 0 Å². The molecule has 0 radical (unpaired) electrons. The maximum Gasteiger partial charge on any atom is 0.220 e. The number of nitrogens with one attached hydrogen (secondary N) is 1. The molecule has 0 aliphatic rings. The fourth-order valence-corrected chi connectivity index (χ4v) is 1.85. The van der Waals surface area contributed by atoms with E-state index in [0.29, 0.717) is 13.0 Å². The van der Waals surface area contributed by atoms with E-state index >= 15 is 0 Å². The molecule has 0 aliphatic heterocycles. The van der Waals surface area contributed by atoms with Crippen molar-refractivity contribution in [3.8, 4) is 0 Å². The van der Waals surface area contributed by atoms with Crippen LogP contribution in [-0.2, 0) is 4.79 Å². The predicted molar refractivity (Wildman–Crippen MR) is 75.4 cm³/mol. The molecule has 3 heteroatoms. The lowest BCUT2D eigenvalue weighted by Gasteiger charge is -2.20. The van der Waals surface area contributed by atoms with Gasteiger partial charge in [0.1, 0.15) is 0 Å². The molecule has 1 aromatic carbocycles. The molecule has 0 saturated carbocycles. The van der Waals surface area contributed by atoms with Crippen LogP contribution in [-0.4, -0.2) is 18.0 Å². The highest BCUT2D eigenvalue weighted by atomic mass is 16.1. The van der Waals surface area contributed by atoms with Gasteiger partial charge in [-0.05, 0) is 31.7 Å². The second-order valence-corrected chi connectivity index (χ2v) is 5.49. The van der Waals surface area contributed by atoms with Crippen LogP contribution in [0, 0.1) is 0 Å². The summed E-state index contributed by atoms with van der Waals surface area (Å²) in [7, 11) is 0. The molecule has 0 bridgehead atoms. The largest absolute Gasteiger partial charge is 0.354 e. The maximum atomic E-state index is 11.9. The summed E-state index contributed by atoms with van der Waals surface area (Å²) in [5.41, 5.74) is 6.71. The number of carbonyl (C=O) groups is 1. The molecule has 1 rings (SSSR count). The van der Waals surface area contributed by atoms with Crippen LogP contribution < -0.4 is 11.1 Å². The van der Waals surface area contributed by atoms with Crippen LogP contribution in [0.5, 0.6) is 0 Å². The standard InChI is InChI=1S/C15H24N2O/c1-4-12(13-8-6-5-7-9-13)10-14(18)17-11-15(2,3)16/h5-9,12H,4,10-11,16H2,1-3H3,(H,17,18). The summed E-state index contributed by atoms with van der Waals surface area (Å²) in [5.74, 6) is 0.358. The SMILES string of the molecule is CCC(CC(=O)NCC(C)(C)N)c1ccccc1. The van der Waals surface area contributed by atoms with E-state index in [1.54, 1.807) is 0 Å². The third-order valence-electron chi connectivity index (χ3n) is 2.94. The lowest BCUT2D eigenvalue weighted by Crippen LogP contribution is -2.45.